The molecule has 3 atom stereocenters. The van der Waals surface area contributed by atoms with Crippen LogP contribution in [-0.4, -0.2) is 46.2 Å². The molecule has 4 heterocycles. The lowest BCUT2D eigenvalue weighted by Gasteiger charge is -2.18. The van der Waals surface area contributed by atoms with E-state index >= 15 is 0 Å². The fourth-order valence-corrected chi connectivity index (χ4v) is 4.02. The van der Waals surface area contributed by atoms with Gasteiger partial charge in [0.1, 0.15) is 0 Å². The Morgan fingerprint density at radius 2 is 2.41 bits per heavy atom. The molecule has 4 rings (SSSR count). The van der Waals surface area contributed by atoms with Crippen LogP contribution < -0.4 is 0 Å². The maximum atomic E-state index is 12.4. The fraction of sp³-hybridized carbons (Fsp3) is 0.533. The molecule has 2 aromatic heterocycles. The number of nitrogens with zero attached hydrogens (tertiary/aromatic N) is 3. The number of fused-ring (bicyclic) bond motifs is 1. The second-order valence-corrected chi connectivity index (χ2v) is 6.87. The molecule has 0 bridgehead atoms. The highest BCUT2D eigenvalue weighted by Crippen LogP contribution is 2.35. The second-order valence-electron chi connectivity index (χ2n) is 5.92. The van der Waals surface area contributed by atoms with Gasteiger partial charge in [0, 0.05) is 19.0 Å². The molecule has 2 fully saturated rings. The predicted octanol–water partition coefficient (Wildman–Crippen LogP) is 1.91. The first kappa shape index (κ1) is 13.9. The number of amides is 1. The average Bonchev–Trinajstić information content (AvgIpc) is 3.21. The minimum atomic E-state index is 0.119. The largest absolute Gasteiger partial charge is 0.372 e. The molecule has 0 aromatic carbocycles. The van der Waals surface area contributed by atoms with Crippen LogP contribution in [0, 0.1) is 12.8 Å². The Labute approximate surface area is 132 Å². The number of rotatable bonds is 3. The summed E-state index contributed by atoms with van der Waals surface area (Å²) in [5.74, 6) is 1.82. The van der Waals surface area contributed by atoms with Crippen LogP contribution >= 0.6 is 11.3 Å². The number of carbonyl (C=O) groups excluding carboxylic acids is 1. The Bertz CT molecular complexity index is 655. The molecule has 0 spiro atoms. The molecule has 0 saturated carbocycles. The number of likely N-dealkylation sites (tertiary alicyclic amines) is 1. The summed E-state index contributed by atoms with van der Waals surface area (Å²) in [6, 6.07) is 3.79. The third-order valence-electron chi connectivity index (χ3n) is 4.30. The van der Waals surface area contributed by atoms with Gasteiger partial charge in [0.05, 0.1) is 23.5 Å². The minimum Gasteiger partial charge on any atom is -0.372 e. The van der Waals surface area contributed by atoms with E-state index in [4.69, 9.17) is 9.26 Å². The van der Waals surface area contributed by atoms with Crippen LogP contribution in [0.1, 0.15) is 27.8 Å². The number of ether oxygens (including phenoxy) is 1. The molecule has 0 unspecified atom stereocenters. The zero-order valence-corrected chi connectivity index (χ0v) is 13.1. The molecule has 2 saturated heterocycles. The summed E-state index contributed by atoms with van der Waals surface area (Å²) in [6.45, 7) is 3.27. The van der Waals surface area contributed by atoms with Crippen molar-refractivity contribution in [3.8, 4) is 0 Å². The third kappa shape index (κ3) is 2.55. The summed E-state index contributed by atoms with van der Waals surface area (Å²) in [4.78, 5) is 19.3. The van der Waals surface area contributed by atoms with Gasteiger partial charge >= 0.3 is 0 Å². The molecule has 1 amide bonds. The molecule has 6 nitrogen and oxygen atoms in total. The van der Waals surface area contributed by atoms with Crippen molar-refractivity contribution < 1.29 is 14.1 Å². The lowest BCUT2D eigenvalue weighted by Crippen LogP contribution is -2.31. The molecule has 22 heavy (non-hydrogen) atoms. The standard InChI is InChI=1S/C15H17N3O3S/c1-9-16-14(21-17-9)6-11-5-10-7-18(8-12(10)20-11)15(19)13-3-2-4-22-13/h2-4,10-12H,5-8H2,1H3/t10-,11+,12+/m0/s1. The van der Waals surface area contributed by atoms with Crippen molar-refractivity contribution in [2.24, 2.45) is 5.92 Å². The topological polar surface area (TPSA) is 68.5 Å². The van der Waals surface area contributed by atoms with Crippen molar-refractivity contribution in [2.45, 2.75) is 32.0 Å². The fourth-order valence-electron chi connectivity index (χ4n) is 3.33. The van der Waals surface area contributed by atoms with Gasteiger partial charge in [-0.15, -0.1) is 11.3 Å². The highest BCUT2D eigenvalue weighted by Gasteiger charge is 2.44. The average molecular weight is 319 g/mol. The van der Waals surface area contributed by atoms with E-state index in [1.165, 1.54) is 11.3 Å². The molecule has 116 valence electrons. The maximum Gasteiger partial charge on any atom is 0.264 e. The number of thiophene rings is 1. The van der Waals surface area contributed by atoms with Crippen molar-refractivity contribution in [3.63, 3.8) is 0 Å². The first-order valence-corrected chi connectivity index (χ1v) is 8.34. The van der Waals surface area contributed by atoms with Crippen LogP contribution in [0.3, 0.4) is 0 Å². The summed E-state index contributed by atoms with van der Waals surface area (Å²) in [5.41, 5.74) is 0. The van der Waals surface area contributed by atoms with Crippen LogP contribution in [0.25, 0.3) is 0 Å². The normalized spacial score (nSPS) is 27.3. The maximum absolute atomic E-state index is 12.4. The second kappa shape index (κ2) is 5.48. The highest BCUT2D eigenvalue weighted by atomic mass is 32.1. The molecule has 2 aliphatic rings. The molecule has 7 heteroatoms. The lowest BCUT2D eigenvalue weighted by molar-refractivity contribution is 0.0331. The van der Waals surface area contributed by atoms with E-state index in [0.29, 0.717) is 30.6 Å². The third-order valence-corrected chi connectivity index (χ3v) is 5.16. The van der Waals surface area contributed by atoms with Crippen molar-refractivity contribution in [2.75, 3.05) is 13.1 Å². The van der Waals surface area contributed by atoms with E-state index in [0.717, 1.165) is 17.8 Å². The SMILES string of the molecule is Cc1noc(C[C@H]2C[C@H]3CN(C(=O)c4cccs4)C[C@H]3O2)n1. The first-order chi connectivity index (χ1) is 10.7. The van der Waals surface area contributed by atoms with E-state index < -0.39 is 0 Å². The molecule has 0 N–H and O–H groups in total. The van der Waals surface area contributed by atoms with Gasteiger partial charge in [-0.1, -0.05) is 11.2 Å². The van der Waals surface area contributed by atoms with Crippen molar-refractivity contribution in [1.82, 2.24) is 15.0 Å². The Morgan fingerprint density at radius 1 is 1.50 bits per heavy atom. The van der Waals surface area contributed by atoms with Crippen LogP contribution in [0.2, 0.25) is 0 Å². The number of hydrogen-bond acceptors (Lipinski definition) is 6. The molecule has 2 aromatic rings. The lowest BCUT2D eigenvalue weighted by atomic mass is 10.0. The van der Waals surface area contributed by atoms with Gasteiger partial charge in [-0.2, -0.15) is 4.98 Å². The smallest absolute Gasteiger partial charge is 0.264 e. The Morgan fingerprint density at radius 3 is 3.09 bits per heavy atom. The van der Waals surface area contributed by atoms with Gasteiger partial charge < -0.3 is 14.2 Å². The summed E-state index contributed by atoms with van der Waals surface area (Å²) < 4.78 is 11.2. The Kier molecular flexibility index (Phi) is 3.46. The van der Waals surface area contributed by atoms with E-state index in [9.17, 15) is 4.79 Å². The van der Waals surface area contributed by atoms with E-state index in [2.05, 4.69) is 10.1 Å². The van der Waals surface area contributed by atoms with E-state index in [-0.39, 0.29) is 18.1 Å². The number of hydrogen-bond donors (Lipinski definition) is 0. The molecular weight excluding hydrogens is 302 g/mol. The van der Waals surface area contributed by atoms with E-state index in [1.54, 1.807) is 0 Å². The van der Waals surface area contributed by atoms with Gasteiger partial charge in [-0.25, -0.2) is 0 Å². The van der Waals surface area contributed by atoms with Gasteiger partial charge in [0.25, 0.3) is 5.91 Å². The van der Waals surface area contributed by atoms with Crippen molar-refractivity contribution in [1.29, 1.82) is 0 Å². The number of aromatic nitrogens is 2. The minimum absolute atomic E-state index is 0.119. The van der Waals surface area contributed by atoms with Gasteiger partial charge in [-0.3, -0.25) is 4.79 Å². The highest BCUT2D eigenvalue weighted by molar-refractivity contribution is 7.12. The zero-order chi connectivity index (χ0) is 15.1. The van der Waals surface area contributed by atoms with Crippen molar-refractivity contribution in [3.05, 3.63) is 34.1 Å². The van der Waals surface area contributed by atoms with Gasteiger partial charge in [0.2, 0.25) is 5.89 Å². The molecule has 2 aliphatic heterocycles. The van der Waals surface area contributed by atoms with Crippen LogP contribution in [0.5, 0.6) is 0 Å². The van der Waals surface area contributed by atoms with Crippen LogP contribution in [0.4, 0.5) is 0 Å². The molecular formula is C15H17N3O3S. The van der Waals surface area contributed by atoms with Crippen LogP contribution in [-0.2, 0) is 11.2 Å². The molecule has 0 radical (unpaired) electrons. The summed E-state index contributed by atoms with van der Waals surface area (Å²) in [5, 5.41) is 5.73. The summed E-state index contributed by atoms with van der Waals surface area (Å²) >= 11 is 1.49. The Balaban J connectivity index is 1.35. The Hall–Kier alpha value is -1.73. The first-order valence-electron chi connectivity index (χ1n) is 7.46. The van der Waals surface area contributed by atoms with Crippen molar-refractivity contribution >= 4 is 17.2 Å². The zero-order valence-electron chi connectivity index (χ0n) is 12.3. The van der Waals surface area contributed by atoms with E-state index in [1.807, 2.05) is 29.3 Å². The number of carbonyl (C=O) groups is 1. The van der Waals surface area contributed by atoms with Crippen LogP contribution in [0.15, 0.2) is 22.0 Å². The summed E-state index contributed by atoms with van der Waals surface area (Å²) in [7, 11) is 0. The van der Waals surface area contributed by atoms with Gasteiger partial charge in [0.15, 0.2) is 5.82 Å². The predicted molar refractivity (Wildman–Crippen MR) is 79.7 cm³/mol. The quantitative estimate of drug-likeness (QED) is 0.864. The summed E-state index contributed by atoms with van der Waals surface area (Å²) in [6.07, 6.45) is 1.86. The van der Waals surface area contributed by atoms with Gasteiger partial charge in [-0.05, 0) is 24.8 Å². The monoisotopic (exact) mass is 319 g/mol. The molecule has 0 aliphatic carbocycles. The number of aryl methyl sites for hydroxylation is 1.